The van der Waals surface area contributed by atoms with E-state index in [1.54, 1.807) is 18.4 Å². The highest BCUT2D eigenvalue weighted by Crippen LogP contribution is 2.23. The molecule has 6 nitrogen and oxygen atoms in total. The van der Waals surface area contributed by atoms with Gasteiger partial charge in [-0.25, -0.2) is 15.0 Å². The van der Waals surface area contributed by atoms with Gasteiger partial charge in [0.15, 0.2) is 0 Å². The molecule has 0 amide bonds. The lowest BCUT2D eigenvalue weighted by Crippen LogP contribution is -2.06. The Bertz CT molecular complexity index is 863. The minimum absolute atomic E-state index is 0.116. The Morgan fingerprint density at radius 2 is 1.89 bits per heavy atom. The standard InChI is InChI=1S/C12H4N4O2/c17-9-4-8-11(16-9)12(18)10(15-8)7-3-6-5(14-7)1-2-13-6/h1-4H. The molecule has 0 saturated heterocycles. The summed E-state index contributed by atoms with van der Waals surface area (Å²) in [4.78, 5) is 39.2. The van der Waals surface area contributed by atoms with Crippen molar-refractivity contribution in [3.8, 4) is 11.4 Å². The second-order valence-electron chi connectivity index (χ2n) is 3.97. The van der Waals surface area contributed by atoms with Gasteiger partial charge >= 0.3 is 0 Å². The van der Waals surface area contributed by atoms with E-state index in [4.69, 9.17) is 0 Å². The smallest absolute Gasteiger partial charge is 0.272 e. The van der Waals surface area contributed by atoms with Crippen LogP contribution in [-0.2, 0) is 0 Å². The number of hydrogen-bond acceptors (Lipinski definition) is 6. The predicted octanol–water partition coefficient (Wildman–Crippen LogP) is -0.0588. The van der Waals surface area contributed by atoms with E-state index in [1.165, 1.54) is 6.07 Å². The maximum Gasteiger partial charge on any atom is 0.272 e. The fourth-order valence-electron chi connectivity index (χ4n) is 2.05. The number of hydrogen-bond donors (Lipinski definition) is 0. The molecule has 0 radical (unpaired) electrons. The van der Waals surface area contributed by atoms with E-state index in [1.807, 2.05) is 0 Å². The van der Waals surface area contributed by atoms with E-state index in [2.05, 4.69) is 20.0 Å². The van der Waals surface area contributed by atoms with Gasteiger partial charge in [0.1, 0.15) is 11.4 Å². The van der Waals surface area contributed by atoms with E-state index >= 15 is 0 Å². The summed E-state index contributed by atoms with van der Waals surface area (Å²) in [5.74, 6) is 0. The van der Waals surface area contributed by atoms with Gasteiger partial charge in [-0.3, -0.25) is 14.6 Å². The number of nitrogens with zero attached hydrogens (tertiary/aromatic N) is 4. The molecule has 0 atom stereocenters. The molecule has 0 aromatic heterocycles. The van der Waals surface area contributed by atoms with Gasteiger partial charge in [0.05, 0.1) is 22.8 Å². The number of rotatable bonds is 1. The maximum atomic E-state index is 12.0. The van der Waals surface area contributed by atoms with Crippen LogP contribution in [-0.4, -0.2) is 21.4 Å². The SMILES string of the molecule is O=c1cc2nc(C3=CC4=NC=CC4=N3)c(=O)c-2n1. The van der Waals surface area contributed by atoms with Gasteiger partial charge in [-0.15, -0.1) is 0 Å². The van der Waals surface area contributed by atoms with Crippen LogP contribution < -0.4 is 11.0 Å². The van der Waals surface area contributed by atoms with Gasteiger partial charge in [-0.2, -0.15) is 0 Å². The molecule has 0 unspecified atom stereocenters. The third-order valence-electron chi connectivity index (χ3n) is 2.85. The zero-order valence-corrected chi connectivity index (χ0v) is 8.91. The van der Waals surface area contributed by atoms with E-state index in [-0.39, 0.29) is 16.8 Å². The van der Waals surface area contributed by atoms with Crippen molar-refractivity contribution in [2.75, 3.05) is 0 Å². The van der Waals surface area contributed by atoms with Crippen molar-refractivity contribution in [2.24, 2.45) is 9.98 Å². The van der Waals surface area contributed by atoms with Crippen LogP contribution >= 0.6 is 0 Å². The van der Waals surface area contributed by atoms with Crippen LogP contribution in [0.5, 0.6) is 0 Å². The summed E-state index contributed by atoms with van der Waals surface area (Å²) in [7, 11) is 0. The third kappa shape index (κ3) is 1.06. The zero-order valence-electron chi connectivity index (χ0n) is 8.91. The average Bonchev–Trinajstić information content (AvgIpc) is 3.00. The summed E-state index contributed by atoms with van der Waals surface area (Å²) in [6.07, 6.45) is 5.12. The molecule has 4 rings (SSSR count). The van der Waals surface area contributed by atoms with Crippen molar-refractivity contribution < 1.29 is 0 Å². The molecule has 0 aromatic carbocycles. The molecule has 0 spiro atoms. The van der Waals surface area contributed by atoms with Crippen LogP contribution in [0.1, 0.15) is 5.69 Å². The molecule has 4 aliphatic rings. The monoisotopic (exact) mass is 236 g/mol. The highest BCUT2D eigenvalue weighted by atomic mass is 16.1. The average molecular weight is 236 g/mol. The molecular weight excluding hydrogens is 232 g/mol. The second-order valence-corrected chi connectivity index (χ2v) is 3.97. The number of aliphatic imine (C=N–C) groups is 2. The van der Waals surface area contributed by atoms with Gasteiger partial charge in [0, 0.05) is 12.3 Å². The molecule has 84 valence electrons. The Balaban J connectivity index is 1.93. The van der Waals surface area contributed by atoms with Crippen LogP contribution in [0.2, 0.25) is 0 Å². The fourth-order valence-corrected chi connectivity index (χ4v) is 2.05. The van der Waals surface area contributed by atoms with Gasteiger partial charge in [0.2, 0.25) is 5.43 Å². The van der Waals surface area contributed by atoms with Crippen LogP contribution in [0.3, 0.4) is 0 Å². The molecule has 0 fully saturated rings. The Morgan fingerprint density at radius 3 is 2.67 bits per heavy atom. The minimum Gasteiger partial charge on any atom is -0.285 e. The van der Waals surface area contributed by atoms with E-state index in [0.717, 1.165) is 11.4 Å². The molecule has 0 bridgehead atoms. The largest absolute Gasteiger partial charge is 0.285 e. The van der Waals surface area contributed by atoms with Crippen molar-refractivity contribution in [2.45, 2.75) is 0 Å². The summed E-state index contributed by atoms with van der Waals surface area (Å²) in [5, 5.41) is 0. The predicted molar refractivity (Wildman–Crippen MR) is 65.6 cm³/mol. The van der Waals surface area contributed by atoms with E-state index in [0.29, 0.717) is 11.4 Å². The van der Waals surface area contributed by atoms with Gasteiger partial charge in [0.25, 0.3) is 5.56 Å². The third-order valence-corrected chi connectivity index (χ3v) is 2.85. The summed E-state index contributed by atoms with van der Waals surface area (Å²) in [6, 6.07) is 1.25. The van der Waals surface area contributed by atoms with E-state index < -0.39 is 5.56 Å². The first-order valence-corrected chi connectivity index (χ1v) is 5.26. The zero-order chi connectivity index (χ0) is 12.3. The topological polar surface area (TPSA) is 84.6 Å². The first kappa shape index (κ1) is 9.29. The number of fused-ring (bicyclic) bond motifs is 2. The van der Waals surface area contributed by atoms with Crippen molar-refractivity contribution >= 4 is 17.1 Å². The molecular formula is C12H4N4O2. The molecule has 4 aliphatic heterocycles. The van der Waals surface area contributed by atoms with Gasteiger partial charge in [-0.1, -0.05) is 0 Å². The van der Waals surface area contributed by atoms with Crippen LogP contribution in [0.15, 0.2) is 44.0 Å². The molecule has 0 saturated carbocycles. The first-order valence-electron chi connectivity index (χ1n) is 5.26. The van der Waals surface area contributed by atoms with Crippen molar-refractivity contribution in [1.82, 2.24) is 9.97 Å². The molecule has 0 aliphatic carbocycles. The molecule has 0 aromatic rings. The summed E-state index contributed by atoms with van der Waals surface area (Å²) in [5.41, 5.74) is 1.81. The number of allylic oxidation sites excluding steroid dienone is 2. The van der Waals surface area contributed by atoms with Crippen LogP contribution in [0.25, 0.3) is 17.1 Å². The summed E-state index contributed by atoms with van der Waals surface area (Å²) < 4.78 is 0. The van der Waals surface area contributed by atoms with E-state index in [9.17, 15) is 9.59 Å². The fraction of sp³-hybridized carbons (Fsp3) is 0. The molecule has 0 N–H and O–H groups in total. The second kappa shape index (κ2) is 2.92. The Labute approximate surface area is 99.8 Å². The quantitative estimate of drug-likeness (QED) is 0.694. The van der Waals surface area contributed by atoms with Gasteiger partial charge in [-0.05, 0) is 12.2 Å². The van der Waals surface area contributed by atoms with Crippen molar-refractivity contribution in [3.63, 3.8) is 0 Å². The molecule has 4 heterocycles. The number of aromatic nitrogens is 2. The molecule has 18 heavy (non-hydrogen) atoms. The van der Waals surface area contributed by atoms with Crippen molar-refractivity contribution in [3.05, 3.63) is 50.7 Å². The summed E-state index contributed by atoms with van der Waals surface area (Å²) in [6.45, 7) is 0. The van der Waals surface area contributed by atoms with Crippen LogP contribution in [0.4, 0.5) is 0 Å². The Kier molecular flexibility index (Phi) is 1.51. The molecule has 6 heteroatoms. The highest BCUT2D eigenvalue weighted by Gasteiger charge is 2.26. The summed E-state index contributed by atoms with van der Waals surface area (Å²) >= 11 is 0. The highest BCUT2D eigenvalue weighted by molar-refractivity contribution is 6.55. The lowest BCUT2D eigenvalue weighted by molar-refractivity contribution is 1.29. The Hall–Kier alpha value is -2.76. The van der Waals surface area contributed by atoms with Crippen molar-refractivity contribution in [1.29, 1.82) is 0 Å². The minimum atomic E-state index is -0.438. The van der Waals surface area contributed by atoms with Gasteiger partial charge < -0.3 is 0 Å². The first-order chi connectivity index (χ1) is 8.72. The van der Waals surface area contributed by atoms with Crippen LogP contribution in [0, 0.1) is 0 Å². The Morgan fingerprint density at radius 1 is 1.00 bits per heavy atom. The normalized spacial score (nSPS) is 17.0. The maximum absolute atomic E-state index is 12.0. The lowest BCUT2D eigenvalue weighted by atomic mass is 10.2. The lowest BCUT2D eigenvalue weighted by Gasteiger charge is -1.88.